The van der Waals surface area contributed by atoms with Gasteiger partial charge in [-0.2, -0.15) is 0 Å². The summed E-state index contributed by atoms with van der Waals surface area (Å²) in [6.07, 6.45) is 3.63. The van der Waals surface area contributed by atoms with Gasteiger partial charge in [-0.3, -0.25) is 0 Å². The van der Waals surface area contributed by atoms with E-state index in [1.54, 1.807) is 0 Å². The van der Waals surface area contributed by atoms with Crippen LogP contribution in [0.1, 0.15) is 38.7 Å². The smallest absolute Gasteiger partial charge is 0.0474 e. The standard InChI is InChI=1S/C15H22O/c1-13(2)12-15(8-10-16-11-9-15)14-6-4-3-5-7-14/h3-7,13H,8-12H2,1-2H3. The summed E-state index contributed by atoms with van der Waals surface area (Å²) in [5.41, 5.74) is 1.88. The molecule has 1 aliphatic heterocycles. The van der Waals surface area contributed by atoms with E-state index >= 15 is 0 Å². The van der Waals surface area contributed by atoms with Gasteiger partial charge in [-0.25, -0.2) is 0 Å². The Morgan fingerprint density at radius 2 is 1.75 bits per heavy atom. The molecule has 0 atom stereocenters. The zero-order valence-corrected chi connectivity index (χ0v) is 10.4. The number of hydrogen-bond donors (Lipinski definition) is 0. The van der Waals surface area contributed by atoms with Gasteiger partial charge in [0.1, 0.15) is 0 Å². The van der Waals surface area contributed by atoms with Crippen LogP contribution in [0.2, 0.25) is 0 Å². The van der Waals surface area contributed by atoms with Crippen LogP contribution >= 0.6 is 0 Å². The van der Waals surface area contributed by atoms with Crippen LogP contribution in [0.4, 0.5) is 0 Å². The Morgan fingerprint density at radius 3 is 2.31 bits per heavy atom. The van der Waals surface area contributed by atoms with Crippen molar-refractivity contribution in [2.75, 3.05) is 13.2 Å². The van der Waals surface area contributed by atoms with Crippen molar-refractivity contribution >= 4 is 0 Å². The van der Waals surface area contributed by atoms with Crippen molar-refractivity contribution in [2.24, 2.45) is 5.92 Å². The van der Waals surface area contributed by atoms with Crippen LogP contribution < -0.4 is 0 Å². The monoisotopic (exact) mass is 218 g/mol. The minimum Gasteiger partial charge on any atom is -0.381 e. The van der Waals surface area contributed by atoms with Crippen molar-refractivity contribution in [1.82, 2.24) is 0 Å². The van der Waals surface area contributed by atoms with E-state index < -0.39 is 0 Å². The summed E-state index contributed by atoms with van der Waals surface area (Å²) in [6.45, 7) is 6.48. The van der Waals surface area contributed by atoms with E-state index in [0.29, 0.717) is 5.41 Å². The normalized spacial score (nSPS) is 19.9. The van der Waals surface area contributed by atoms with Gasteiger partial charge in [0.2, 0.25) is 0 Å². The van der Waals surface area contributed by atoms with Crippen LogP contribution in [0.5, 0.6) is 0 Å². The zero-order valence-electron chi connectivity index (χ0n) is 10.4. The Hall–Kier alpha value is -0.820. The first-order chi connectivity index (χ1) is 7.73. The maximum Gasteiger partial charge on any atom is 0.0474 e. The maximum atomic E-state index is 5.53. The molecule has 88 valence electrons. The quantitative estimate of drug-likeness (QED) is 0.750. The molecule has 1 saturated heterocycles. The number of benzene rings is 1. The first kappa shape index (κ1) is 11.7. The van der Waals surface area contributed by atoms with E-state index in [4.69, 9.17) is 4.74 Å². The van der Waals surface area contributed by atoms with Crippen LogP contribution in [0.25, 0.3) is 0 Å². The summed E-state index contributed by atoms with van der Waals surface area (Å²) in [4.78, 5) is 0. The molecule has 0 amide bonds. The third-order valence-corrected chi connectivity index (χ3v) is 3.64. The van der Waals surface area contributed by atoms with Gasteiger partial charge in [-0.15, -0.1) is 0 Å². The predicted octanol–water partition coefficient (Wildman–Crippen LogP) is 3.78. The van der Waals surface area contributed by atoms with E-state index in [0.717, 1.165) is 19.1 Å². The molecule has 1 aromatic carbocycles. The fourth-order valence-electron chi connectivity index (χ4n) is 2.95. The number of ether oxygens (including phenoxy) is 1. The van der Waals surface area contributed by atoms with Crippen molar-refractivity contribution in [3.8, 4) is 0 Å². The molecular weight excluding hydrogens is 196 g/mol. The summed E-state index contributed by atoms with van der Waals surface area (Å²) in [5.74, 6) is 0.748. The van der Waals surface area contributed by atoms with Crippen molar-refractivity contribution in [3.63, 3.8) is 0 Å². The first-order valence-corrected chi connectivity index (χ1v) is 6.36. The minimum absolute atomic E-state index is 0.369. The molecule has 0 aliphatic carbocycles. The second-order valence-electron chi connectivity index (χ2n) is 5.36. The SMILES string of the molecule is CC(C)CC1(c2ccccc2)CCOCC1. The summed E-state index contributed by atoms with van der Waals surface area (Å²) in [6, 6.07) is 11.0. The van der Waals surface area contributed by atoms with Crippen LogP contribution in [0.15, 0.2) is 30.3 Å². The van der Waals surface area contributed by atoms with Crippen molar-refractivity contribution in [2.45, 2.75) is 38.5 Å². The molecule has 0 saturated carbocycles. The Balaban J connectivity index is 2.26. The molecular formula is C15H22O. The molecule has 1 heteroatoms. The molecule has 1 aromatic rings. The highest BCUT2D eigenvalue weighted by atomic mass is 16.5. The molecule has 0 spiro atoms. The number of hydrogen-bond acceptors (Lipinski definition) is 1. The van der Waals surface area contributed by atoms with Gasteiger partial charge in [0, 0.05) is 13.2 Å². The third kappa shape index (κ3) is 2.46. The van der Waals surface area contributed by atoms with Gasteiger partial charge in [0.15, 0.2) is 0 Å². The fraction of sp³-hybridized carbons (Fsp3) is 0.600. The van der Waals surface area contributed by atoms with E-state index in [2.05, 4.69) is 44.2 Å². The van der Waals surface area contributed by atoms with Gasteiger partial charge in [-0.1, -0.05) is 44.2 Å². The van der Waals surface area contributed by atoms with E-state index in [1.807, 2.05) is 0 Å². The average Bonchev–Trinajstić information content (AvgIpc) is 2.30. The Bertz CT molecular complexity index is 309. The second-order valence-corrected chi connectivity index (χ2v) is 5.36. The van der Waals surface area contributed by atoms with Gasteiger partial charge >= 0.3 is 0 Å². The molecule has 1 fully saturated rings. The van der Waals surface area contributed by atoms with Gasteiger partial charge in [0.05, 0.1) is 0 Å². The van der Waals surface area contributed by atoms with Gasteiger partial charge in [-0.05, 0) is 36.2 Å². The summed E-state index contributed by atoms with van der Waals surface area (Å²) < 4.78 is 5.53. The lowest BCUT2D eigenvalue weighted by molar-refractivity contribution is 0.0422. The molecule has 1 aliphatic rings. The van der Waals surface area contributed by atoms with E-state index in [9.17, 15) is 0 Å². The molecule has 2 rings (SSSR count). The topological polar surface area (TPSA) is 9.23 Å². The fourth-order valence-corrected chi connectivity index (χ4v) is 2.95. The highest BCUT2D eigenvalue weighted by Gasteiger charge is 2.34. The molecule has 0 unspecified atom stereocenters. The minimum atomic E-state index is 0.369. The molecule has 1 nitrogen and oxygen atoms in total. The number of rotatable bonds is 3. The lowest BCUT2D eigenvalue weighted by Gasteiger charge is -2.39. The van der Waals surface area contributed by atoms with Crippen LogP contribution in [-0.2, 0) is 10.2 Å². The van der Waals surface area contributed by atoms with Crippen molar-refractivity contribution in [3.05, 3.63) is 35.9 Å². The molecule has 1 heterocycles. The third-order valence-electron chi connectivity index (χ3n) is 3.64. The molecule has 0 aromatic heterocycles. The molecule has 0 bridgehead atoms. The highest BCUT2D eigenvalue weighted by Crippen LogP contribution is 2.40. The van der Waals surface area contributed by atoms with Gasteiger partial charge < -0.3 is 4.74 Å². The second kappa shape index (κ2) is 5.01. The van der Waals surface area contributed by atoms with Gasteiger partial charge in [0.25, 0.3) is 0 Å². The van der Waals surface area contributed by atoms with Crippen molar-refractivity contribution in [1.29, 1.82) is 0 Å². The molecule has 0 radical (unpaired) electrons. The van der Waals surface area contributed by atoms with Crippen LogP contribution in [0.3, 0.4) is 0 Å². The highest BCUT2D eigenvalue weighted by molar-refractivity contribution is 5.26. The summed E-state index contributed by atoms with van der Waals surface area (Å²) in [7, 11) is 0. The lowest BCUT2D eigenvalue weighted by Crippen LogP contribution is -2.35. The van der Waals surface area contributed by atoms with E-state index in [-0.39, 0.29) is 0 Å². The largest absolute Gasteiger partial charge is 0.381 e. The average molecular weight is 218 g/mol. The van der Waals surface area contributed by atoms with Crippen molar-refractivity contribution < 1.29 is 4.74 Å². The molecule has 16 heavy (non-hydrogen) atoms. The Morgan fingerprint density at radius 1 is 1.12 bits per heavy atom. The molecule has 0 N–H and O–H groups in total. The van der Waals surface area contributed by atoms with Crippen LogP contribution in [0, 0.1) is 5.92 Å². The maximum absolute atomic E-state index is 5.53. The lowest BCUT2D eigenvalue weighted by atomic mass is 9.69. The summed E-state index contributed by atoms with van der Waals surface area (Å²) >= 11 is 0. The predicted molar refractivity (Wildman–Crippen MR) is 67.6 cm³/mol. The zero-order chi connectivity index (χ0) is 11.4. The van der Waals surface area contributed by atoms with Crippen LogP contribution in [-0.4, -0.2) is 13.2 Å². The first-order valence-electron chi connectivity index (χ1n) is 6.36. The Labute approximate surface area is 98.8 Å². The van der Waals surface area contributed by atoms with E-state index in [1.165, 1.54) is 24.8 Å². The summed E-state index contributed by atoms with van der Waals surface area (Å²) in [5, 5.41) is 0. The Kier molecular flexibility index (Phi) is 3.65.